The van der Waals surface area contributed by atoms with Crippen LogP contribution in [0.4, 0.5) is 0 Å². The zero-order valence-electron chi connectivity index (χ0n) is 10.5. The summed E-state index contributed by atoms with van der Waals surface area (Å²) in [5.74, 6) is 0.182. The minimum atomic E-state index is -0.0152. The predicted octanol–water partition coefficient (Wildman–Crippen LogP) is 2.40. The molecule has 1 aliphatic heterocycles. The molecule has 18 heavy (non-hydrogen) atoms. The van der Waals surface area contributed by atoms with Crippen LogP contribution in [-0.2, 0) is 11.2 Å². The molecule has 2 aromatic heterocycles. The Morgan fingerprint density at radius 3 is 3.11 bits per heavy atom. The fourth-order valence-electron chi connectivity index (χ4n) is 2.45. The Balaban J connectivity index is 2.11. The lowest BCUT2D eigenvalue weighted by Gasteiger charge is -2.22. The van der Waals surface area contributed by atoms with Gasteiger partial charge in [0.15, 0.2) is 11.9 Å². The molecule has 1 unspecified atom stereocenters. The van der Waals surface area contributed by atoms with Crippen LogP contribution in [0.15, 0.2) is 12.3 Å². The lowest BCUT2D eigenvalue weighted by Crippen LogP contribution is -2.19. The van der Waals surface area contributed by atoms with Gasteiger partial charge in [-0.2, -0.15) is 5.10 Å². The van der Waals surface area contributed by atoms with Crippen molar-refractivity contribution in [2.75, 3.05) is 6.61 Å². The minimum absolute atomic E-state index is 0.0152. The molecular formula is C13H17N3O2. The molecule has 0 amide bonds. The monoisotopic (exact) mass is 247 g/mol. The summed E-state index contributed by atoms with van der Waals surface area (Å²) in [6.45, 7) is 2.84. The highest BCUT2D eigenvalue weighted by atomic mass is 16.5. The van der Waals surface area contributed by atoms with E-state index in [1.807, 2.05) is 4.68 Å². The van der Waals surface area contributed by atoms with Crippen molar-refractivity contribution in [2.45, 2.75) is 38.8 Å². The normalized spacial score (nSPS) is 20.4. The minimum Gasteiger partial charge on any atom is -0.506 e. The van der Waals surface area contributed by atoms with Crippen molar-refractivity contribution in [1.82, 2.24) is 14.8 Å². The zero-order chi connectivity index (χ0) is 12.5. The van der Waals surface area contributed by atoms with Crippen LogP contribution in [0.1, 0.15) is 38.1 Å². The van der Waals surface area contributed by atoms with Gasteiger partial charge in [0.1, 0.15) is 5.75 Å². The zero-order valence-corrected chi connectivity index (χ0v) is 10.5. The van der Waals surface area contributed by atoms with Crippen LogP contribution in [0.3, 0.4) is 0 Å². The van der Waals surface area contributed by atoms with Crippen LogP contribution in [0.5, 0.6) is 5.75 Å². The van der Waals surface area contributed by atoms with E-state index in [9.17, 15) is 5.11 Å². The van der Waals surface area contributed by atoms with Gasteiger partial charge >= 0.3 is 0 Å². The second-order valence-corrected chi connectivity index (χ2v) is 4.63. The van der Waals surface area contributed by atoms with E-state index in [-0.39, 0.29) is 12.0 Å². The van der Waals surface area contributed by atoms with Crippen molar-refractivity contribution in [3.63, 3.8) is 0 Å². The summed E-state index contributed by atoms with van der Waals surface area (Å²) in [4.78, 5) is 4.29. The van der Waals surface area contributed by atoms with Gasteiger partial charge in [-0.3, -0.25) is 0 Å². The average Bonchev–Trinajstić information content (AvgIpc) is 2.77. The molecule has 0 radical (unpaired) electrons. The second-order valence-electron chi connectivity index (χ2n) is 4.63. The number of aromatic nitrogens is 3. The van der Waals surface area contributed by atoms with E-state index in [1.54, 1.807) is 6.07 Å². The first-order valence-corrected chi connectivity index (χ1v) is 6.47. The summed E-state index contributed by atoms with van der Waals surface area (Å²) in [7, 11) is 0. The highest BCUT2D eigenvalue weighted by Gasteiger charge is 2.21. The summed E-state index contributed by atoms with van der Waals surface area (Å²) >= 11 is 0. The first-order chi connectivity index (χ1) is 8.79. The Kier molecular flexibility index (Phi) is 2.91. The van der Waals surface area contributed by atoms with Crippen molar-refractivity contribution < 1.29 is 9.84 Å². The number of pyridine rings is 1. The number of aromatic hydroxyl groups is 1. The molecule has 96 valence electrons. The van der Waals surface area contributed by atoms with Crippen molar-refractivity contribution >= 4 is 11.0 Å². The van der Waals surface area contributed by atoms with Gasteiger partial charge in [0, 0.05) is 12.0 Å². The average molecular weight is 247 g/mol. The molecule has 1 atom stereocenters. The number of fused-ring (bicyclic) bond motifs is 1. The topological polar surface area (TPSA) is 60.2 Å². The molecule has 1 saturated heterocycles. The Morgan fingerprint density at radius 2 is 2.39 bits per heavy atom. The number of rotatable bonds is 2. The third kappa shape index (κ3) is 1.84. The molecule has 3 rings (SSSR count). The molecule has 5 nitrogen and oxygen atoms in total. The maximum absolute atomic E-state index is 9.54. The summed E-state index contributed by atoms with van der Waals surface area (Å²) in [6, 6.07) is 1.73. The lowest BCUT2D eigenvalue weighted by molar-refractivity contribution is -0.0372. The van der Waals surface area contributed by atoms with Crippen LogP contribution in [-0.4, -0.2) is 26.5 Å². The van der Waals surface area contributed by atoms with E-state index >= 15 is 0 Å². The van der Waals surface area contributed by atoms with E-state index in [0.717, 1.165) is 49.0 Å². The van der Waals surface area contributed by atoms with Crippen molar-refractivity contribution in [2.24, 2.45) is 0 Å². The molecule has 0 aliphatic carbocycles. The molecule has 1 fully saturated rings. The van der Waals surface area contributed by atoms with Crippen LogP contribution < -0.4 is 0 Å². The maximum atomic E-state index is 9.54. The third-order valence-corrected chi connectivity index (χ3v) is 3.37. The fourth-order valence-corrected chi connectivity index (χ4v) is 2.45. The van der Waals surface area contributed by atoms with E-state index in [0.29, 0.717) is 0 Å². The smallest absolute Gasteiger partial charge is 0.160 e. The molecule has 2 aromatic rings. The van der Waals surface area contributed by atoms with E-state index in [2.05, 4.69) is 17.0 Å². The van der Waals surface area contributed by atoms with E-state index < -0.39 is 0 Å². The maximum Gasteiger partial charge on any atom is 0.160 e. The number of aryl methyl sites for hydroxylation is 1. The van der Waals surface area contributed by atoms with Crippen LogP contribution in [0.25, 0.3) is 11.0 Å². The van der Waals surface area contributed by atoms with Gasteiger partial charge in [-0.25, -0.2) is 9.67 Å². The highest BCUT2D eigenvalue weighted by Crippen LogP contribution is 2.28. The summed E-state index contributed by atoms with van der Waals surface area (Å²) < 4.78 is 7.63. The first-order valence-electron chi connectivity index (χ1n) is 6.47. The number of hydrogen-bond donors (Lipinski definition) is 1. The van der Waals surface area contributed by atoms with Crippen LogP contribution in [0, 0.1) is 0 Å². The van der Waals surface area contributed by atoms with Gasteiger partial charge in [0.25, 0.3) is 0 Å². The molecule has 1 N–H and O–H groups in total. The summed E-state index contributed by atoms with van der Waals surface area (Å²) in [6.07, 6.45) is 5.52. The SMILES string of the molecule is CCc1nn(C2CCCCO2)c2ncc(O)cc12. The van der Waals surface area contributed by atoms with Gasteiger partial charge < -0.3 is 9.84 Å². The molecule has 0 aromatic carbocycles. The fraction of sp³-hybridized carbons (Fsp3) is 0.538. The standard InChI is InChI=1S/C13H17N3O2/c1-2-11-10-7-9(17)8-14-13(10)16(15-11)12-5-3-4-6-18-12/h7-8,12,17H,2-6H2,1H3. The van der Waals surface area contributed by atoms with Crippen molar-refractivity contribution in [3.05, 3.63) is 18.0 Å². The third-order valence-electron chi connectivity index (χ3n) is 3.37. The van der Waals surface area contributed by atoms with E-state index in [4.69, 9.17) is 4.74 Å². The number of nitrogens with zero attached hydrogens (tertiary/aromatic N) is 3. The van der Waals surface area contributed by atoms with E-state index in [1.165, 1.54) is 6.20 Å². The van der Waals surface area contributed by atoms with Crippen LogP contribution in [0.2, 0.25) is 0 Å². The van der Waals surface area contributed by atoms with Gasteiger partial charge in [0.05, 0.1) is 11.9 Å². The van der Waals surface area contributed by atoms with Gasteiger partial charge in [-0.15, -0.1) is 0 Å². The quantitative estimate of drug-likeness (QED) is 0.885. The van der Waals surface area contributed by atoms with Crippen molar-refractivity contribution in [3.8, 4) is 5.75 Å². The Bertz CT molecular complexity index is 559. The molecule has 3 heterocycles. The van der Waals surface area contributed by atoms with Gasteiger partial charge in [0.2, 0.25) is 0 Å². The Labute approximate surface area is 105 Å². The summed E-state index contributed by atoms with van der Waals surface area (Å²) in [5.41, 5.74) is 1.76. The number of hydrogen-bond acceptors (Lipinski definition) is 4. The first kappa shape index (κ1) is 11.5. The summed E-state index contributed by atoms with van der Waals surface area (Å²) in [5, 5.41) is 15.1. The van der Waals surface area contributed by atoms with Gasteiger partial charge in [-0.1, -0.05) is 6.92 Å². The number of ether oxygens (including phenoxy) is 1. The molecule has 0 bridgehead atoms. The Hall–Kier alpha value is -1.62. The second kappa shape index (κ2) is 4.57. The molecule has 5 heteroatoms. The van der Waals surface area contributed by atoms with Crippen LogP contribution >= 0.6 is 0 Å². The lowest BCUT2D eigenvalue weighted by atomic mass is 10.2. The van der Waals surface area contributed by atoms with Crippen molar-refractivity contribution in [1.29, 1.82) is 0 Å². The van der Waals surface area contributed by atoms with Gasteiger partial charge in [-0.05, 0) is 31.7 Å². The molecule has 0 saturated carbocycles. The molecular weight excluding hydrogens is 230 g/mol. The Morgan fingerprint density at radius 1 is 1.50 bits per heavy atom. The molecule has 1 aliphatic rings. The highest BCUT2D eigenvalue weighted by molar-refractivity contribution is 5.79. The largest absolute Gasteiger partial charge is 0.506 e. The molecule has 0 spiro atoms. The predicted molar refractivity (Wildman–Crippen MR) is 67.4 cm³/mol.